The van der Waals surface area contributed by atoms with Crippen LogP contribution in [-0.4, -0.2) is 11.1 Å². The first-order valence-electron chi connectivity index (χ1n) is 8.52. The van der Waals surface area contributed by atoms with E-state index < -0.39 is 5.97 Å². The largest absolute Gasteiger partial charge is 0.478 e. The summed E-state index contributed by atoms with van der Waals surface area (Å²) in [5.41, 5.74) is 7.01. The average molecular weight is 320 g/mol. The monoisotopic (exact) mass is 320 g/mol. The highest BCUT2D eigenvalue weighted by atomic mass is 16.4. The van der Waals surface area contributed by atoms with Gasteiger partial charge in [-0.3, -0.25) is 0 Å². The number of hydrogen-bond acceptors (Lipinski definition) is 1. The molecule has 3 rings (SSSR count). The molecular weight excluding hydrogens is 296 g/mol. The summed E-state index contributed by atoms with van der Waals surface area (Å²) in [4.78, 5) is 10.9. The molecule has 0 heterocycles. The lowest BCUT2D eigenvalue weighted by Gasteiger charge is -2.32. The van der Waals surface area contributed by atoms with Gasteiger partial charge >= 0.3 is 5.97 Å². The lowest BCUT2D eigenvalue weighted by Crippen LogP contribution is -2.23. The summed E-state index contributed by atoms with van der Waals surface area (Å²) in [6.45, 7) is 6.77. The van der Waals surface area contributed by atoms with E-state index in [0.29, 0.717) is 5.56 Å². The number of carboxylic acid groups (broad SMARTS) is 1. The molecule has 0 saturated heterocycles. The third kappa shape index (κ3) is 3.28. The molecule has 0 aliphatic heterocycles. The Morgan fingerprint density at radius 3 is 2.42 bits per heavy atom. The number of rotatable bonds is 3. The molecule has 0 amide bonds. The van der Waals surface area contributed by atoms with Crippen LogP contribution in [0.15, 0.2) is 42.5 Å². The Morgan fingerprint density at radius 2 is 1.75 bits per heavy atom. The summed E-state index contributed by atoms with van der Waals surface area (Å²) in [6.07, 6.45) is 5.78. The topological polar surface area (TPSA) is 37.3 Å². The minimum absolute atomic E-state index is 0.274. The Balaban J connectivity index is 1.90. The van der Waals surface area contributed by atoms with E-state index in [9.17, 15) is 4.79 Å². The third-order valence-corrected chi connectivity index (χ3v) is 5.08. The molecule has 0 bridgehead atoms. The number of fused-ring (bicyclic) bond motifs is 1. The molecule has 0 spiro atoms. The van der Waals surface area contributed by atoms with Gasteiger partial charge in [-0.25, -0.2) is 4.79 Å². The summed E-state index contributed by atoms with van der Waals surface area (Å²) in [5.74, 6) is -0.889. The second-order valence-corrected chi connectivity index (χ2v) is 7.36. The van der Waals surface area contributed by atoms with Gasteiger partial charge < -0.3 is 5.11 Å². The molecule has 1 aliphatic carbocycles. The summed E-state index contributed by atoms with van der Waals surface area (Å²) >= 11 is 0. The van der Waals surface area contributed by atoms with Crippen molar-refractivity contribution in [2.75, 3.05) is 0 Å². The van der Waals surface area contributed by atoms with Crippen molar-refractivity contribution in [3.63, 3.8) is 0 Å². The molecular formula is C22H24O2. The lowest BCUT2D eigenvalue weighted by molar-refractivity contribution is 0.0697. The Labute approximate surface area is 143 Å². The number of benzene rings is 2. The number of hydrogen-bond donors (Lipinski definition) is 1. The predicted molar refractivity (Wildman–Crippen MR) is 99.4 cm³/mol. The van der Waals surface area contributed by atoms with E-state index in [-0.39, 0.29) is 5.41 Å². The standard InChI is InChI=1S/C22H24O2/c1-15(13-16-6-8-17(9-7-16)21(23)24)18-10-11-20-19(14-18)5-4-12-22(20,2)3/h6-11,13-14H,4-5,12H2,1-3H3,(H,23,24)/b15-13+. The van der Waals surface area contributed by atoms with Crippen LogP contribution in [0.3, 0.4) is 0 Å². The second-order valence-electron chi connectivity index (χ2n) is 7.36. The van der Waals surface area contributed by atoms with Crippen molar-refractivity contribution in [2.24, 2.45) is 0 Å². The summed E-state index contributed by atoms with van der Waals surface area (Å²) in [7, 11) is 0. The van der Waals surface area contributed by atoms with Crippen molar-refractivity contribution in [3.05, 3.63) is 70.3 Å². The molecule has 0 atom stereocenters. The fourth-order valence-corrected chi connectivity index (χ4v) is 3.62. The van der Waals surface area contributed by atoms with Crippen molar-refractivity contribution in [2.45, 2.75) is 45.4 Å². The molecule has 24 heavy (non-hydrogen) atoms. The molecule has 0 radical (unpaired) electrons. The zero-order valence-electron chi connectivity index (χ0n) is 14.6. The van der Waals surface area contributed by atoms with E-state index in [1.807, 2.05) is 12.1 Å². The Bertz CT molecular complexity index is 795. The second kappa shape index (κ2) is 6.27. The molecule has 0 aromatic heterocycles. The van der Waals surface area contributed by atoms with Crippen LogP contribution in [0.25, 0.3) is 11.6 Å². The van der Waals surface area contributed by atoms with Gasteiger partial charge in [0.1, 0.15) is 0 Å². The first-order valence-corrected chi connectivity index (χ1v) is 8.52. The van der Waals surface area contributed by atoms with E-state index in [4.69, 9.17) is 5.11 Å². The molecule has 0 fully saturated rings. The molecule has 0 saturated carbocycles. The van der Waals surface area contributed by atoms with Crippen molar-refractivity contribution in [1.82, 2.24) is 0 Å². The van der Waals surface area contributed by atoms with E-state index >= 15 is 0 Å². The van der Waals surface area contributed by atoms with Crippen LogP contribution in [0.1, 0.15) is 66.2 Å². The maximum atomic E-state index is 10.9. The summed E-state index contributed by atoms with van der Waals surface area (Å²) in [5, 5.41) is 8.98. The first kappa shape index (κ1) is 16.5. The maximum Gasteiger partial charge on any atom is 0.335 e. The van der Waals surface area contributed by atoms with Crippen molar-refractivity contribution in [1.29, 1.82) is 0 Å². The SMILES string of the molecule is C/C(=C\c1ccc(C(=O)O)cc1)c1ccc2c(c1)CCCC2(C)C. The zero-order valence-corrected chi connectivity index (χ0v) is 14.6. The highest BCUT2D eigenvalue weighted by molar-refractivity contribution is 5.88. The van der Waals surface area contributed by atoms with E-state index in [1.54, 1.807) is 12.1 Å². The Morgan fingerprint density at radius 1 is 1.08 bits per heavy atom. The molecule has 2 aromatic carbocycles. The van der Waals surface area contributed by atoms with Gasteiger partial charge in [-0.2, -0.15) is 0 Å². The van der Waals surface area contributed by atoms with Crippen LogP contribution in [0, 0.1) is 0 Å². The van der Waals surface area contributed by atoms with Crippen molar-refractivity contribution in [3.8, 4) is 0 Å². The minimum atomic E-state index is -0.889. The molecule has 0 unspecified atom stereocenters. The molecule has 1 aliphatic rings. The van der Waals surface area contributed by atoms with E-state index in [2.05, 4.69) is 45.0 Å². The van der Waals surface area contributed by atoms with Crippen molar-refractivity contribution < 1.29 is 9.90 Å². The number of aryl methyl sites for hydroxylation is 1. The van der Waals surface area contributed by atoms with E-state index in [1.165, 1.54) is 35.1 Å². The molecule has 2 nitrogen and oxygen atoms in total. The van der Waals surface area contributed by atoms with Gasteiger partial charge in [-0.1, -0.05) is 50.3 Å². The smallest absolute Gasteiger partial charge is 0.335 e. The number of allylic oxidation sites excluding steroid dienone is 1. The lowest BCUT2D eigenvalue weighted by atomic mass is 9.72. The highest BCUT2D eigenvalue weighted by Crippen LogP contribution is 2.37. The van der Waals surface area contributed by atoms with Gasteiger partial charge in [0, 0.05) is 0 Å². The highest BCUT2D eigenvalue weighted by Gasteiger charge is 2.27. The maximum absolute atomic E-state index is 10.9. The third-order valence-electron chi connectivity index (χ3n) is 5.08. The number of carboxylic acids is 1. The Kier molecular flexibility index (Phi) is 4.31. The quantitative estimate of drug-likeness (QED) is 0.752. The summed E-state index contributed by atoms with van der Waals surface area (Å²) < 4.78 is 0. The first-order chi connectivity index (χ1) is 11.4. The molecule has 2 aromatic rings. The van der Waals surface area contributed by atoms with Crippen LogP contribution < -0.4 is 0 Å². The van der Waals surface area contributed by atoms with E-state index in [0.717, 1.165) is 12.0 Å². The van der Waals surface area contributed by atoms with Gasteiger partial charge in [-0.15, -0.1) is 0 Å². The van der Waals surface area contributed by atoms with Crippen molar-refractivity contribution >= 4 is 17.6 Å². The van der Waals surface area contributed by atoms with Gasteiger partial charge in [0.25, 0.3) is 0 Å². The molecule has 124 valence electrons. The van der Waals surface area contributed by atoms with Crippen LogP contribution in [0.4, 0.5) is 0 Å². The number of carbonyl (C=O) groups is 1. The molecule has 2 heteroatoms. The number of aromatic carboxylic acids is 1. The Hall–Kier alpha value is -2.35. The van der Waals surface area contributed by atoms with Gasteiger partial charge in [-0.05, 0) is 71.6 Å². The minimum Gasteiger partial charge on any atom is -0.478 e. The summed E-state index contributed by atoms with van der Waals surface area (Å²) in [6, 6.07) is 13.8. The fraction of sp³-hybridized carbons (Fsp3) is 0.318. The van der Waals surface area contributed by atoms with Crippen LogP contribution in [-0.2, 0) is 11.8 Å². The van der Waals surface area contributed by atoms with Crippen LogP contribution >= 0.6 is 0 Å². The normalized spacial score (nSPS) is 16.5. The average Bonchev–Trinajstić information content (AvgIpc) is 2.54. The molecule has 1 N–H and O–H groups in total. The van der Waals surface area contributed by atoms with Crippen LogP contribution in [0.5, 0.6) is 0 Å². The van der Waals surface area contributed by atoms with Gasteiger partial charge in [0.15, 0.2) is 0 Å². The van der Waals surface area contributed by atoms with Crippen LogP contribution in [0.2, 0.25) is 0 Å². The zero-order chi connectivity index (χ0) is 17.3. The predicted octanol–water partition coefficient (Wildman–Crippen LogP) is 5.56. The fourth-order valence-electron chi connectivity index (χ4n) is 3.62. The van der Waals surface area contributed by atoms with Gasteiger partial charge in [0.2, 0.25) is 0 Å². The van der Waals surface area contributed by atoms with Gasteiger partial charge in [0.05, 0.1) is 5.56 Å².